The van der Waals surface area contributed by atoms with Gasteiger partial charge >= 0.3 is 12.1 Å². The Hall–Kier alpha value is -4.19. The number of benzene rings is 3. The van der Waals surface area contributed by atoms with E-state index in [1.165, 1.54) is 11.3 Å². The summed E-state index contributed by atoms with van der Waals surface area (Å²) in [6.07, 6.45) is -0.718. The van der Waals surface area contributed by atoms with Crippen molar-refractivity contribution in [1.82, 2.24) is 19.7 Å². The first-order valence-electron chi connectivity index (χ1n) is 16.7. The van der Waals surface area contributed by atoms with Crippen LogP contribution in [0.15, 0.2) is 48.5 Å². The molecule has 6 rings (SSSR count). The van der Waals surface area contributed by atoms with Crippen molar-refractivity contribution in [3.8, 4) is 21.7 Å². The first-order chi connectivity index (χ1) is 23.4. The summed E-state index contributed by atoms with van der Waals surface area (Å²) in [5.41, 5.74) is 4.41. The van der Waals surface area contributed by atoms with Gasteiger partial charge in [0, 0.05) is 54.3 Å². The number of aliphatic carboxylic acids is 1. The third-order valence-electron chi connectivity index (χ3n) is 8.79. The number of carboxylic acids is 1. The Kier molecular flexibility index (Phi) is 9.38. The Labute approximate surface area is 301 Å². The van der Waals surface area contributed by atoms with E-state index in [0.717, 1.165) is 67.2 Å². The lowest BCUT2D eigenvalue weighted by Crippen LogP contribution is -2.42. The first-order valence-corrected chi connectivity index (χ1v) is 17.9. The van der Waals surface area contributed by atoms with Gasteiger partial charge in [-0.25, -0.2) is 14.6 Å². The normalized spacial score (nSPS) is 16.0. The molecule has 2 atom stereocenters. The molecule has 1 aliphatic heterocycles. The largest absolute Gasteiger partial charge is 0.479 e. The highest BCUT2D eigenvalue weighted by Gasteiger charge is 2.34. The predicted molar refractivity (Wildman–Crippen MR) is 200 cm³/mol. The third-order valence-corrected chi connectivity index (χ3v) is 10.2. The summed E-state index contributed by atoms with van der Waals surface area (Å²) in [6, 6.07) is 15.6. The molecule has 1 fully saturated rings. The SMILES string of the molecule is Cc1cc2nc(-c3ccc4c(c3)c(N3CC[C@H](N(C)C(=O)OC(C)(C)C)C3)nn4C)sc2c(-c2ccc(Cl)cc2)c1C(OC(C)(C)C)C(=O)O. The average Bonchev–Trinajstić information content (AvgIpc) is 3.75. The minimum Gasteiger partial charge on any atom is -0.479 e. The molecule has 3 aromatic carbocycles. The van der Waals surface area contributed by atoms with Crippen LogP contribution < -0.4 is 4.90 Å². The lowest BCUT2D eigenvalue weighted by atomic mass is 9.91. The molecule has 1 aliphatic rings. The van der Waals surface area contributed by atoms with Crippen LogP contribution >= 0.6 is 22.9 Å². The van der Waals surface area contributed by atoms with Crippen LogP contribution in [0.5, 0.6) is 0 Å². The molecule has 0 spiro atoms. The summed E-state index contributed by atoms with van der Waals surface area (Å²) in [7, 11) is 3.73. The standard InChI is InChI=1S/C38H44ClN5O5S/c1-21-18-27-32(30(22-10-13-24(39)14-11-22)29(21)31(35(45)46)48-37(2,3)4)50-34(40-27)23-12-15-28-26(19-23)33(41-43(28)9)44-17-16-25(20-44)42(8)36(47)49-38(5,6)7/h10-15,18-19,25,31H,16-17,20H2,1-9H3,(H,45,46)/t25-,31?/m0/s1. The van der Waals surface area contributed by atoms with E-state index in [0.29, 0.717) is 17.1 Å². The van der Waals surface area contributed by atoms with E-state index >= 15 is 0 Å². The summed E-state index contributed by atoms with van der Waals surface area (Å²) in [5, 5.41) is 17.7. The van der Waals surface area contributed by atoms with Crippen LogP contribution in [0.1, 0.15) is 65.2 Å². The molecule has 3 heterocycles. The van der Waals surface area contributed by atoms with E-state index in [4.69, 9.17) is 31.2 Å². The van der Waals surface area contributed by atoms with Crippen molar-refractivity contribution in [1.29, 1.82) is 0 Å². The number of carbonyl (C=O) groups excluding carboxylic acids is 1. The van der Waals surface area contributed by atoms with Crippen molar-refractivity contribution < 1.29 is 24.2 Å². The summed E-state index contributed by atoms with van der Waals surface area (Å²) in [4.78, 5) is 34.6. The molecule has 0 aliphatic carbocycles. The second-order valence-corrected chi connectivity index (χ2v) is 16.4. The van der Waals surface area contributed by atoms with E-state index in [2.05, 4.69) is 17.0 Å². The van der Waals surface area contributed by atoms with Crippen LogP contribution in [0.2, 0.25) is 5.02 Å². The molecule has 0 radical (unpaired) electrons. The minimum atomic E-state index is -1.19. The summed E-state index contributed by atoms with van der Waals surface area (Å²) >= 11 is 7.80. The molecule has 12 heteroatoms. The third kappa shape index (κ3) is 7.17. The van der Waals surface area contributed by atoms with Crippen LogP contribution in [-0.4, -0.2) is 74.2 Å². The number of anilines is 1. The van der Waals surface area contributed by atoms with E-state index in [1.807, 2.05) is 96.6 Å². The number of likely N-dealkylation sites (N-methyl/N-ethyl adjacent to an activating group) is 1. The number of halogens is 1. The Morgan fingerprint density at radius 3 is 2.36 bits per heavy atom. The van der Waals surface area contributed by atoms with Crippen molar-refractivity contribution in [3.05, 3.63) is 64.7 Å². The quantitative estimate of drug-likeness (QED) is 0.178. The second kappa shape index (κ2) is 13.2. The fourth-order valence-electron chi connectivity index (χ4n) is 6.51. The maximum atomic E-state index is 12.8. The molecule has 264 valence electrons. The van der Waals surface area contributed by atoms with E-state index in [9.17, 15) is 14.7 Å². The fraction of sp³-hybridized carbons (Fsp3) is 0.421. The number of ether oxygens (including phenoxy) is 2. The molecular weight excluding hydrogens is 674 g/mol. The first kappa shape index (κ1) is 35.6. The van der Waals surface area contributed by atoms with Crippen molar-refractivity contribution in [2.45, 2.75) is 78.2 Å². The number of hydrogen-bond donors (Lipinski definition) is 1. The van der Waals surface area contributed by atoms with E-state index in [-0.39, 0.29) is 12.1 Å². The van der Waals surface area contributed by atoms with Gasteiger partial charge in [0.2, 0.25) is 0 Å². The molecular formula is C38H44ClN5O5S. The number of aromatic nitrogens is 3. The highest BCUT2D eigenvalue weighted by atomic mass is 35.5. The number of thiazole rings is 1. The van der Waals surface area contributed by atoms with Crippen LogP contribution in [-0.2, 0) is 21.3 Å². The zero-order valence-corrected chi connectivity index (χ0v) is 31.6. The predicted octanol–water partition coefficient (Wildman–Crippen LogP) is 8.87. The van der Waals surface area contributed by atoms with Crippen LogP contribution in [0, 0.1) is 6.92 Å². The summed E-state index contributed by atoms with van der Waals surface area (Å²) in [6.45, 7) is 14.5. The maximum Gasteiger partial charge on any atom is 0.410 e. The smallest absolute Gasteiger partial charge is 0.410 e. The molecule has 0 bridgehead atoms. The molecule has 50 heavy (non-hydrogen) atoms. The molecule has 1 saturated heterocycles. The van der Waals surface area contributed by atoms with Gasteiger partial charge in [0.25, 0.3) is 0 Å². The number of fused-ring (bicyclic) bond motifs is 2. The number of nitrogens with zero attached hydrogens (tertiary/aromatic N) is 5. The molecule has 1 unspecified atom stereocenters. The van der Waals surface area contributed by atoms with Gasteiger partial charge in [-0.1, -0.05) is 23.7 Å². The van der Waals surface area contributed by atoms with Crippen molar-refractivity contribution in [2.24, 2.45) is 7.05 Å². The Balaban J connectivity index is 1.42. The lowest BCUT2D eigenvalue weighted by Gasteiger charge is -2.28. The fourth-order valence-corrected chi connectivity index (χ4v) is 7.76. The monoisotopic (exact) mass is 717 g/mol. The second-order valence-electron chi connectivity index (χ2n) is 15.0. The van der Waals surface area contributed by atoms with E-state index in [1.54, 1.807) is 11.9 Å². The Morgan fingerprint density at radius 1 is 1.04 bits per heavy atom. The number of amides is 1. The average molecular weight is 718 g/mol. The van der Waals surface area contributed by atoms with Gasteiger partial charge in [-0.2, -0.15) is 5.10 Å². The number of carbonyl (C=O) groups is 2. The Morgan fingerprint density at radius 2 is 1.72 bits per heavy atom. The highest BCUT2D eigenvalue weighted by molar-refractivity contribution is 7.22. The van der Waals surface area contributed by atoms with E-state index < -0.39 is 23.3 Å². The van der Waals surface area contributed by atoms with Crippen molar-refractivity contribution in [3.63, 3.8) is 0 Å². The number of hydrogen-bond acceptors (Lipinski definition) is 8. The number of rotatable bonds is 7. The number of aryl methyl sites for hydroxylation is 2. The molecule has 0 saturated carbocycles. The van der Waals surface area contributed by atoms with Crippen LogP contribution in [0.3, 0.4) is 0 Å². The van der Waals surface area contributed by atoms with Crippen LogP contribution in [0.25, 0.3) is 42.8 Å². The molecule has 1 N–H and O–H groups in total. The zero-order valence-electron chi connectivity index (χ0n) is 30.0. The summed E-state index contributed by atoms with van der Waals surface area (Å²) < 4.78 is 14.5. The Bertz CT molecular complexity index is 2090. The molecule has 10 nitrogen and oxygen atoms in total. The highest BCUT2D eigenvalue weighted by Crippen LogP contribution is 2.45. The topological polar surface area (TPSA) is 110 Å². The molecule has 2 aromatic heterocycles. The van der Waals surface area contributed by atoms with Crippen molar-refractivity contribution in [2.75, 3.05) is 25.0 Å². The van der Waals surface area contributed by atoms with Crippen molar-refractivity contribution >= 4 is 61.9 Å². The van der Waals surface area contributed by atoms with Gasteiger partial charge in [-0.3, -0.25) is 4.68 Å². The van der Waals surface area contributed by atoms with Gasteiger partial charge in [-0.05, 0) is 102 Å². The molecule has 5 aromatic rings. The van der Waals surface area contributed by atoms with Gasteiger partial charge in [0.05, 0.1) is 27.4 Å². The number of carboxylic acid groups (broad SMARTS) is 1. The minimum absolute atomic E-state index is 0.00466. The summed E-state index contributed by atoms with van der Waals surface area (Å²) in [5.74, 6) is -0.201. The zero-order chi connectivity index (χ0) is 36.3. The molecule has 1 amide bonds. The van der Waals surface area contributed by atoms with Gasteiger partial charge < -0.3 is 24.4 Å². The lowest BCUT2D eigenvalue weighted by molar-refractivity contribution is -0.160. The van der Waals surface area contributed by atoms with Gasteiger partial charge in [0.15, 0.2) is 11.9 Å². The van der Waals surface area contributed by atoms with Gasteiger partial charge in [-0.15, -0.1) is 11.3 Å². The van der Waals surface area contributed by atoms with Crippen LogP contribution in [0.4, 0.5) is 10.6 Å². The van der Waals surface area contributed by atoms with Gasteiger partial charge in [0.1, 0.15) is 10.6 Å². The maximum absolute atomic E-state index is 12.8.